The van der Waals surface area contributed by atoms with Crippen molar-refractivity contribution in [3.63, 3.8) is 0 Å². The molecule has 2 heterocycles. The number of nitrogens with zero attached hydrogens (tertiary/aromatic N) is 2. The molecule has 0 N–H and O–H groups in total. The van der Waals surface area contributed by atoms with Crippen molar-refractivity contribution in [2.75, 3.05) is 0 Å². The number of aromatic nitrogens is 2. The van der Waals surface area contributed by atoms with Crippen LogP contribution in [0.4, 0.5) is 0 Å². The standard InChI is InChI=1S/C46H34N2/c1-45(2)36-17-9-8-16-34(36)41-38(45)26-35(40-33-15-7-10-18-37(33)46(3,4)42(40)41)31-22-23-32(30-14-6-5-13-29(30)31)39-24-21-28-20-19-27-12-11-25-47-43(27)44(28)48-39/h5-26H,1-4H3. The number of benzene rings is 6. The van der Waals surface area contributed by atoms with Crippen LogP contribution >= 0.6 is 0 Å². The summed E-state index contributed by atoms with van der Waals surface area (Å²) < 4.78 is 0. The molecule has 8 aromatic rings. The molecule has 0 amide bonds. The summed E-state index contributed by atoms with van der Waals surface area (Å²) in [5.74, 6) is 0. The fraction of sp³-hybridized carbons (Fsp3) is 0.130. The number of hydrogen-bond donors (Lipinski definition) is 0. The summed E-state index contributed by atoms with van der Waals surface area (Å²) in [7, 11) is 0. The van der Waals surface area contributed by atoms with Gasteiger partial charge < -0.3 is 0 Å². The Balaban J connectivity index is 1.27. The van der Waals surface area contributed by atoms with Crippen LogP contribution in [0.5, 0.6) is 0 Å². The highest BCUT2D eigenvalue weighted by atomic mass is 14.8. The number of rotatable bonds is 2. The van der Waals surface area contributed by atoms with E-state index in [0.717, 1.165) is 33.1 Å². The van der Waals surface area contributed by atoms with Crippen molar-refractivity contribution in [2.24, 2.45) is 0 Å². The van der Waals surface area contributed by atoms with Gasteiger partial charge in [0.15, 0.2) is 0 Å². The second-order valence-electron chi connectivity index (χ2n) is 14.6. The molecule has 0 fully saturated rings. The van der Waals surface area contributed by atoms with E-state index in [2.05, 4.69) is 149 Å². The molecule has 0 bridgehead atoms. The van der Waals surface area contributed by atoms with Crippen LogP contribution in [-0.2, 0) is 10.8 Å². The van der Waals surface area contributed by atoms with E-state index < -0.39 is 0 Å². The van der Waals surface area contributed by atoms with Crippen molar-refractivity contribution >= 4 is 32.6 Å². The van der Waals surface area contributed by atoms with Crippen molar-refractivity contribution in [3.05, 3.63) is 156 Å². The van der Waals surface area contributed by atoms with Gasteiger partial charge in [-0.2, -0.15) is 0 Å². The zero-order valence-electron chi connectivity index (χ0n) is 27.6. The van der Waals surface area contributed by atoms with E-state index in [4.69, 9.17) is 9.97 Å². The average Bonchev–Trinajstić information content (AvgIpc) is 3.50. The fourth-order valence-electron chi connectivity index (χ4n) is 8.98. The van der Waals surface area contributed by atoms with Crippen molar-refractivity contribution < 1.29 is 0 Å². The first-order valence-corrected chi connectivity index (χ1v) is 16.9. The van der Waals surface area contributed by atoms with Gasteiger partial charge in [-0.1, -0.05) is 137 Å². The molecule has 228 valence electrons. The quantitative estimate of drug-likeness (QED) is 0.181. The van der Waals surface area contributed by atoms with E-state index in [9.17, 15) is 0 Å². The SMILES string of the molecule is CC1(C)c2ccccc2-c2c1cc(-c1ccc(-c3ccc4ccc5cccnc5c4n3)c3ccccc13)c1c2C(C)(C)c2ccccc2-1. The molecule has 6 aromatic carbocycles. The molecule has 0 atom stereocenters. The van der Waals surface area contributed by atoms with Gasteiger partial charge in [-0.25, -0.2) is 4.98 Å². The Bertz CT molecular complexity index is 2680. The monoisotopic (exact) mass is 614 g/mol. The average molecular weight is 615 g/mol. The minimum atomic E-state index is -0.138. The highest BCUT2D eigenvalue weighted by Crippen LogP contribution is 2.61. The fourth-order valence-corrected chi connectivity index (χ4v) is 8.98. The third-order valence-corrected chi connectivity index (χ3v) is 11.3. The van der Waals surface area contributed by atoms with Gasteiger partial charge in [0.2, 0.25) is 0 Å². The smallest absolute Gasteiger partial charge is 0.0972 e. The summed E-state index contributed by atoms with van der Waals surface area (Å²) in [6.07, 6.45) is 1.86. The highest BCUT2D eigenvalue weighted by Gasteiger charge is 2.45. The molecule has 0 unspecified atom stereocenters. The molecule has 2 heteroatoms. The molecule has 10 rings (SSSR count). The Morgan fingerprint density at radius 3 is 1.81 bits per heavy atom. The Morgan fingerprint density at radius 2 is 1.04 bits per heavy atom. The van der Waals surface area contributed by atoms with Gasteiger partial charge in [-0.05, 0) is 84.6 Å². The first kappa shape index (κ1) is 27.5. The minimum absolute atomic E-state index is 0.109. The number of pyridine rings is 2. The predicted octanol–water partition coefficient (Wildman–Crippen LogP) is 11.9. The molecular formula is C46H34N2. The number of hydrogen-bond acceptors (Lipinski definition) is 2. The van der Waals surface area contributed by atoms with Crippen molar-refractivity contribution in [2.45, 2.75) is 38.5 Å². The van der Waals surface area contributed by atoms with Crippen molar-refractivity contribution in [3.8, 4) is 44.6 Å². The topological polar surface area (TPSA) is 25.8 Å². The number of fused-ring (bicyclic) bond motifs is 11. The van der Waals surface area contributed by atoms with Crippen LogP contribution in [0.3, 0.4) is 0 Å². The van der Waals surface area contributed by atoms with Crippen molar-refractivity contribution in [1.29, 1.82) is 0 Å². The molecule has 0 radical (unpaired) electrons. The second-order valence-corrected chi connectivity index (χ2v) is 14.6. The van der Waals surface area contributed by atoms with Crippen molar-refractivity contribution in [1.82, 2.24) is 9.97 Å². The lowest BCUT2D eigenvalue weighted by Gasteiger charge is -2.28. The van der Waals surface area contributed by atoms with Crippen LogP contribution in [0, 0.1) is 0 Å². The lowest BCUT2D eigenvalue weighted by molar-refractivity contribution is 0.648. The molecule has 0 saturated carbocycles. The summed E-state index contributed by atoms with van der Waals surface area (Å²) in [6.45, 7) is 9.63. The largest absolute Gasteiger partial charge is 0.254 e. The molecule has 0 aliphatic heterocycles. The van der Waals surface area contributed by atoms with E-state index in [1.807, 2.05) is 12.3 Å². The summed E-state index contributed by atoms with van der Waals surface area (Å²) in [5, 5.41) is 4.65. The van der Waals surface area contributed by atoms with Gasteiger partial charge in [0.1, 0.15) is 0 Å². The third-order valence-electron chi connectivity index (χ3n) is 11.3. The van der Waals surface area contributed by atoms with Crippen LogP contribution in [0.2, 0.25) is 0 Å². The molecule has 48 heavy (non-hydrogen) atoms. The van der Waals surface area contributed by atoms with Gasteiger partial charge in [-0.15, -0.1) is 0 Å². The highest BCUT2D eigenvalue weighted by molar-refractivity contribution is 6.10. The predicted molar refractivity (Wildman–Crippen MR) is 201 cm³/mol. The molecular weight excluding hydrogens is 581 g/mol. The summed E-state index contributed by atoms with van der Waals surface area (Å²) in [5.41, 5.74) is 17.5. The zero-order chi connectivity index (χ0) is 32.4. The first-order chi connectivity index (χ1) is 23.3. The molecule has 2 aromatic heterocycles. The summed E-state index contributed by atoms with van der Waals surface area (Å²) in [4.78, 5) is 9.98. The Kier molecular flexibility index (Phi) is 5.44. The first-order valence-electron chi connectivity index (χ1n) is 16.9. The van der Waals surface area contributed by atoms with Gasteiger partial charge in [-0.3, -0.25) is 4.98 Å². The summed E-state index contributed by atoms with van der Waals surface area (Å²) in [6, 6.07) is 46.9. The van der Waals surface area contributed by atoms with Gasteiger partial charge in [0, 0.05) is 33.4 Å². The Labute approximate surface area is 280 Å². The lowest BCUT2D eigenvalue weighted by atomic mass is 9.75. The summed E-state index contributed by atoms with van der Waals surface area (Å²) >= 11 is 0. The molecule has 2 aliphatic rings. The zero-order valence-corrected chi connectivity index (χ0v) is 27.6. The maximum absolute atomic E-state index is 5.26. The van der Waals surface area contributed by atoms with E-state index in [0.29, 0.717) is 0 Å². The van der Waals surface area contributed by atoms with E-state index in [1.54, 1.807) is 0 Å². The van der Waals surface area contributed by atoms with Crippen LogP contribution in [0.25, 0.3) is 77.2 Å². The van der Waals surface area contributed by atoms with Crippen LogP contribution in [0.15, 0.2) is 134 Å². The molecule has 2 nitrogen and oxygen atoms in total. The molecule has 0 spiro atoms. The Morgan fingerprint density at radius 1 is 0.438 bits per heavy atom. The third kappa shape index (κ3) is 3.52. The van der Waals surface area contributed by atoms with Gasteiger partial charge >= 0.3 is 0 Å². The van der Waals surface area contributed by atoms with E-state index in [1.165, 1.54) is 66.4 Å². The normalized spacial score (nSPS) is 15.0. The molecule has 2 aliphatic carbocycles. The molecule has 0 saturated heterocycles. The van der Waals surface area contributed by atoms with E-state index in [-0.39, 0.29) is 10.8 Å². The minimum Gasteiger partial charge on any atom is -0.254 e. The Hall–Kier alpha value is -5.60. The van der Waals surface area contributed by atoms with Crippen LogP contribution in [-0.4, -0.2) is 9.97 Å². The van der Waals surface area contributed by atoms with E-state index >= 15 is 0 Å². The maximum atomic E-state index is 5.26. The maximum Gasteiger partial charge on any atom is 0.0972 e. The second kappa shape index (κ2) is 9.49. The van der Waals surface area contributed by atoms with Gasteiger partial charge in [0.05, 0.1) is 16.7 Å². The van der Waals surface area contributed by atoms with Gasteiger partial charge in [0.25, 0.3) is 0 Å². The van der Waals surface area contributed by atoms with Crippen LogP contribution < -0.4 is 0 Å². The van der Waals surface area contributed by atoms with Crippen LogP contribution in [0.1, 0.15) is 49.9 Å². The lowest BCUT2D eigenvalue weighted by Crippen LogP contribution is -2.18.